The number of esters is 2. The second-order valence-electron chi connectivity index (χ2n) is 22.6. The Bertz CT molecular complexity index is 2110. The van der Waals surface area contributed by atoms with E-state index in [1.807, 2.05) is 0 Å². The minimum absolute atomic E-state index is 0.0435. The zero-order chi connectivity index (χ0) is 64.4. The SMILES string of the molecule is CC/C=C\C/C=C\C/C=C\C/C=C\C/C=C\C/C=C\C/C=C\C/C=C\C/C=C\CCCCCCCCCCCC(=O)OC(COC(=O)CCCCCCCCCCCCCC/C=C\C/C=C\C/C=C\C/C=C\C/C=C\C/C=C\CC)COP(=O)(O)OCCN. The third-order valence-corrected chi connectivity index (χ3v) is 15.3. The number of carbonyl (C=O) groups is 2. The molecule has 0 radical (unpaired) electrons. The lowest BCUT2D eigenvalue weighted by molar-refractivity contribution is -0.161. The van der Waals surface area contributed by atoms with Crippen molar-refractivity contribution in [2.75, 3.05) is 26.4 Å². The Morgan fingerprint density at radius 2 is 0.584 bits per heavy atom. The molecule has 0 spiro atoms. The molecule has 9 nitrogen and oxygen atoms in total. The minimum atomic E-state index is -4.41. The zero-order valence-corrected chi connectivity index (χ0v) is 57.2. The Hall–Kier alpha value is -4.89. The third kappa shape index (κ3) is 72.1. The average Bonchev–Trinajstić information content (AvgIpc) is 3.68. The Morgan fingerprint density at radius 1 is 0.337 bits per heavy atom. The van der Waals surface area contributed by atoms with Crippen LogP contribution in [0.2, 0.25) is 0 Å². The quantitative estimate of drug-likeness (QED) is 0.0264. The van der Waals surface area contributed by atoms with Crippen LogP contribution in [0.25, 0.3) is 0 Å². The van der Waals surface area contributed by atoms with Crippen molar-refractivity contribution in [3.8, 4) is 0 Å². The van der Waals surface area contributed by atoms with Gasteiger partial charge in [-0.3, -0.25) is 18.6 Å². The van der Waals surface area contributed by atoms with E-state index in [2.05, 4.69) is 196 Å². The van der Waals surface area contributed by atoms with Gasteiger partial charge in [0.1, 0.15) is 6.61 Å². The van der Waals surface area contributed by atoms with Crippen molar-refractivity contribution in [2.45, 2.75) is 277 Å². The van der Waals surface area contributed by atoms with Gasteiger partial charge in [-0.2, -0.15) is 0 Å². The normalized spacial score (nSPS) is 14.1. The van der Waals surface area contributed by atoms with E-state index in [1.54, 1.807) is 0 Å². The maximum atomic E-state index is 12.8. The van der Waals surface area contributed by atoms with Crippen LogP contribution in [0.1, 0.15) is 271 Å². The van der Waals surface area contributed by atoms with Crippen LogP contribution < -0.4 is 5.73 Å². The van der Waals surface area contributed by atoms with E-state index in [-0.39, 0.29) is 38.6 Å². The van der Waals surface area contributed by atoms with E-state index in [4.69, 9.17) is 24.3 Å². The smallest absolute Gasteiger partial charge is 0.462 e. The predicted octanol–water partition coefficient (Wildman–Crippen LogP) is 23.5. The lowest BCUT2D eigenvalue weighted by Gasteiger charge is -2.19. The van der Waals surface area contributed by atoms with Gasteiger partial charge in [0.2, 0.25) is 0 Å². The summed E-state index contributed by atoms with van der Waals surface area (Å²) in [5.74, 6) is -0.845. The van der Waals surface area contributed by atoms with Gasteiger partial charge >= 0.3 is 19.8 Å². The molecule has 0 heterocycles. The summed E-state index contributed by atoms with van der Waals surface area (Å²) in [6.07, 6.45) is 108. The number of phosphoric acid groups is 1. The van der Waals surface area contributed by atoms with Crippen LogP contribution in [0.4, 0.5) is 0 Å². The van der Waals surface area contributed by atoms with Gasteiger partial charge in [0.05, 0.1) is 13.2 Å². The summed E-state index contributed by atoms with van der Waals surface area (Å²) in [7, 11) is -4.41. The van der Waals surface area contributed by atoms with Gasteiger partial charge in [0.15, 0.2) is 6.10 Å². The zero-order valence-electron chi connectivity index (χ0n) is 56.3. The number of unbranched alkanes of at least 4 members (excludes halogenated alkanes) is 21. The van der Waals surface area contributed by atoms with E-state index >= 15 is 0 Å². The summed E-state index contributed by atoms with van der Waals surface area (Å²) in [5, 5.41) is 0. The standard InChI is InChI=1S/C79H128NO8P/c1-3-5-7-9-11-13-15-17-19-21-23-25-27-29-31-33-35-36-37-38-39-40-42-44-46-48-50-52-54-56-58-60-62-64-66-68-70-72-79(82)88-77(76-87-89(83,84)86-74-73-80)75-85-78(81)71-69-67-65-63-61-59-57-55-53-51-49-47-45-43-41-34-32-30-28-26-24-22-20-18-16-14-12-10-8-6-4-2/h5-8,11-14,17-20,23-26,29-32,35-36,38-39,41-44,48,50,77H,3-4,9-10,15-16,21-22,27-28,33-34,37,40,45-47,49,51-76,80H2,1-2H3,(H,83,84)/b7-5-,8-6-,13-11-,14-12-,19-17-,20-18-,25-23-,26-24-,31-29-,32-30-,36-35-,39-38-,43-41-,44-42-,50-48-. The number of hydrogen-bond donors (Lipinski definition) is 2. The van der Waals surface area contributed by atoms with Crippen LogP contribution in [0.15, 0.2) is 182 Å². The molecule has 0 fully saturated rings. The first-order chi connectivity index (χ1) is 43.8. The highest BCUT2D eigenvalue weighted by molar-refractivity contribution is 7.47. The summed E-state index contributed by atoms with van der Waals surface area (Å²) >= 11 is 0. The van der Waals surface area contributed by atoms with E-state index in [0.29, 0.717) is 6.42 Å². The summed E-state index contributed by atoms with van der Waals surface area (Å²) in [4.78, 5) is 35.4. The summed E-state index contributed by atoms with van der Waals surface area (Å²) in [6.45, 7) is 3.50. The molecule has 0 aromatic carbocycles. The molecular weight excluding hydrogens is 1120 g/mol. The van der Waals surface area contributed by atoms with Crippen molar-refractivity contribution in [1.29, 1.82) is 0 Å². The van der Waals surface area contributed by atoms with E-state index in [0.717, 1.165) is 148 Å². The molecule has 2 atom stereocenters. The third-order valence-electron chi connectivity index (χ3n) is 14.3. The fourth-order valence-corrected chi connectivity index (χ4v) is 9.93. The molecule has 0 aromatic heterocycles. The molecule has 0 aliphatic heterocycles. The Labute approximate surface area is 545 Å². The number of carbonyl (C=O) groups excluding carboxylic acids is 2. The first-order valence-electron chi connectivity index (χ1n) is 35.3. The first-order valence-corrected chi connectivity index (χ1v) is 36.8. The van der Waals surface area contributed by atoms with Crippen molar-refractivity contribution < 1.29 is 37.6 Å². The highest BCUT2D eigenvalue weighted by atomic mass is 31.2. The van der Waals surface area contributed by atoms with Gasteiger partial charge in [0, 0.05) is 19.4 Å². The van der Waals surface area contributed by atoms with Crippen LogP contribution >= 0.6 is 7.82 Å². The molecule has 0 aliphatic rings. The first kappa shape index (κ1) is 84.1. The lowest BCUT2D eigenvalue weighted by atomic mass is 10.0. The molecule has 0 aromatic rings. The molecule has 0 aliphatic carbocycles. The summed E-state index contributed by atoms with van der Waals surface area (Å²) in [6, 6.07) is 0. The van der Waals surface area contributed by atoms with Crippen molar-refractivity contribution in [3.63, 3.8) is 0 Å². The highest BCUT2D eigenvalue weighted by Crippen LogP contribution is 2.43. The molecule has 502 valence electrons. The van der Waals surface area contributed by atoms with Crippen molar-refractivity contribution in [3.05, 3.63) is 182 Å². The number of ether oxygens (including phenoxy) is 2. The fraction of sp³-hybridized carbons (Fsp3) is 0.595. The Balaban J connectivity index is 3.98. The molecule has 3 N–H and O–H groups in total. The largest absolute Gasteiger partial charge is 0.472 e. The molecular formula is C79H128NO8P. The average molecular weight is 1250 g/mol. The van der Waals surface area contributed by atoms with E-state index < -0.39 is 26.5 Å². The number of nitrogens with two attached hydrogens (primary N) is 1. The molecule has 10 heteroatoms. The molecule has 0 rings (SSSR count). The molecule has 0 bridgehead atoms. The van der Waals surface area contributed by atoms with Gasteiger partial charge in [-0.25, -0.2) is 4.57 Å². The molecule has 2 unspecified atom stereocenters. The summed E-state index contributed by atoms with van der Waals surface area (Å²) < 4.78 is 33.2. The Kier molecular flexibility index (Phi) is 68.2. The van der Waals surface area contributed by atoms with Crippen LogP contribution in [-0.2, 0) is 32.7 Å². The van der Waals surface area contributed by atoms with Crippen LogP contribution in [0.5, 0.6) is 0 Å². The van der Waals surface area contributed by atoms with E-state index in [1.165, 1.54) is 89.9 Å². The van der Waals surface area contributed by atoms with Crippen LogP contribution in [0.3, 0.4) is 0 Å². The van der Waals surface area contributed by atoms with Gasteiger partial charge in [-0.05, 0) is 135 Å². The number of phosphoric ester groups is 1. The van der Waals surface area contributed by atoms with Gasteiger partial charge in [-0.15, -0.1) is 0 Å². The molecule has 0 saturated carbocycles. The van der Waals surface area contributed by atoms with Crippen LogP contribution in [-0.4, -0.2) is 49.3 Å². The van der Waals surface area contributed by atoms with Crippen LogP contribution in [0, 0.1) is 0 Å². The van der Waals surface area contributed by atoms with Gasteiger partial charge in [0.25, 0.3) is 0 Å². The summed E-state index contributed by atoms with van der Waals surface area (Å²) in [5.41, 5.74) is 5.40. The second-order valence-corrected chi connectivity index (χ2v) is 24.1. The number of allylic oxidation sites excluding steroid dienone is 30. The number of rotatable bonds is 64. The maximum Gasteiger partial charge on any atom is 0.472 e. The second kappa shape index (κ2) is 72.2. The van der Waals surface area contributed by atoms with Crippen molar-refractivity contribution in [1.82, 2.24) is 0 Å². The monoisotopic (exact) mass is 1250 g/mol. The molecule has 89 heavy (non-hydrogen) atoms. The lowest BCUT2D eigenvalue weighted by Crippen LogP contribution is -2.29. The predicted molar refractivity (Wildman–Crippen MR) is 385 cm³/mol. The molecule has 0 amide bonds. The fourth-order valence-electron chi connectivity index (χ4n) is 9.16. The Morgan fingerprint density at radius 3 is 0.865 bits per heavy atom. The topological polar surface area (TPSA) is 134 Å². The highest BCUT2D eigenvalue weighted by Gasteiger charge is 2.26. The van der Waals surface area contributed by atoms with Crippen molar-refractivity contribution >= 4 is 19.8 Å². The minimum Gasteiger partial charge on any atom is -0.462 e. The van der Waals surface area contributed by atoms with Gasteiger partial charge < -0.3 is 20.1 Å². The number of hydrogen-bond acceptors (Lipinski definition) is 8. The maximum absolute atomic E-state index is 12.8. The van der Waals surface area contributed by atoms with E-state index in [9.17, 15) is 19.0 Å². The van der Waals surface area contributed by atoms with Crippen molar-refractivity contribution in [2.24, 2.45) is 5.73 Å². The molecule has 0 saturated heterocycles. The van der Waals surface area contributed by atoms with Gasteiger partial charge in [-0.1, -0.05) is 305 Å².